The maximum Gasteiger partial charge on any atom is 0.154 e. The van der Waals surface area contributed by atoms with Crippen LogP contribution in [-0.4, -0.2) is 20.7 Å². The summed E-state index contributed by atoms with van der Waals surface area (Å²) in [6.07, 6.45) is 5.26. The predicted molar refractivity (Wildman–Crippen MR) is 102 cm³/mol. The molecular weight excluding hydrogens is 330 g/mol. The number of aromatic nitrogens is 3. The van der Waals surface area contributed by atoms with E-state index in [1.54, 1.807) is 24.2 Å². The summed E-state index contributed by atoms with van der Waals surface area (Å²) >= 11 is 1.71. The highest BCUT2D eigenvalue weighted by Crippen LogP contribution is 2.34. The van der Waals surface area contributed by atoms with Crippen LogP contribution in [0.1, 0.15) is 36.8 Å². The van der Waals surface area contributed by atoms with Crippen LogP contribution in [0.5, 0.6) is 0 Å². The first kappa shape index (κ1) is 17.2. The summed E-state index contributed by atoms with van der Waals surface area (Å²) in [6.45, 7) is 4.97. The molecule has 0 fully saturated rings. The van der Waals surface area contributed by atoms with Gasteiger partial charge >= 0.3 is 0 Å². The average molecular weight is 351 g/mol. The zero-order chi connectivity index (χ0) is 17.6. The van der Waals surface area contributed by atoms with Crippen LogP contribution in [0.3, 0.4) is 0 Å². The van der Waals surface area contributed by atoms with E-state index in [2.05, 4.69) is 46.7 Å². The van der Waals surface area contributed by atoms with Gasteiger partial charge in [-0.15, -0.1) is 0 Å². The minimum Gasteiger partial charge on any atom is -0.323 e. The van der Waals surface area contributed by atoms with Gasteiger partial charge in [0.25, 0.3) is 0 Å². The fourth-order valence-electron chi connectivity index (χ4n) is 2.55. The first-order valence-electron chi connectivity index (χ1n) is 8.14. The zero-order valence-corrected chi connectivity index (χ0v) is 15.1. The molecule has 3 rings (SSSR count). The lowest BCUT2D eigenvalue weighted by molar-refractivity contribution is 0.702. The predicted octanol–water partition coefficient (Wildman–Crippen LogP) is 3.89. The van der Waals surface area contributed by atoms with Gasteiger partial charge in [-0.2, -0.15) is 5.10 Å². The highest BCUT2D eigenvalue weighted by atomic mass is 32.2. The Balaban J connectivity index is 2.08. The number of benzene rings is 1. The third-order valence-electron chi connectivity index (χ3n) is 3.73. The van der Waals surface area contributed by atoms with Crippen LogP contribution in [-0.2, 0) is 6.54 Å². The summed E-state index contributed by atoms with van der Waals surface area (Å²) in [7, 11) is 0. The molecule has 0 bridgehead atoms. The molecule has 0 saturated heterocycles. The van der Waals surface area contributed by atoms with Crippen molar-refractivity contribution in [1.29, 1.82) is 0 Å². The normalized spacial score (nSPS) is 11.5. The molecule has 0 saturated carbocycles. The average Bonchev–Trinajstić information content (AvgIpc) is 2.95. The van der Waals surface area contributed by atoms with Crippen molar-refractivity contribution in [3.05, 3.63) is 71.9 Å². The zero-order valence-electron chi connectivity index (χ0n) is 14.3. The molecule has 3 aromatic rings. The molecule has 0 radical (unpaired) electrons. The van der Waals surface area contributed by atoms with E-state index in [9.17, 15) is 0 Å². The molecule has 1 aromatic carbocycles. The Labute approximate surface area is 152 Å². The van der Waals surface area contributed by atoms with E-state index in [0.29, 0.717) is 12.5 Å². The van der Waals surface area contributed by atoms with Gasteiger partial charge in [-0.25, -0.2) is 4.98 Å². The fourth-order valence-corrected chi connectivity index (χ4v) is 3.72. The van der Waals surface area contributed by atoms with Gasteiger partial charge in [0, 0.05) is 17.3 Å². The van der Waals surface area contributed by atoms with E-state index in [0.717, 1.165) is 22.1 Å². The lowest BCUT2D eigenvalue weighted by atomic mass is 10.1. The van der Waals surface area contributed by atoms with Crippen LogP contribution in [0.15, 0.2) is 69.9 Å². The molecule has 5 nitrogen and oxygen atoms in total. The second kappa shape index (κ2) is 7.98. The smallest absolute Gasteiger partial charge is 0.154 e. The SMILES string of the molecule is CC(C)c1nc(C=NN)n(Cc2cccnc2)c1Sc1ccccc1. The molecule has 0 unspecified atom stereocenters. The number of nitrogens with two attached hydrogens (primary N) is 1. The van der Waals surface area contributed by atoms with Crippen molar-refractivity contribution in [1.82, 2.24) is 14.5 Å². The van der Waals surface area contributed by atoms with Gasteiger partial charge in [-0.3, -0.25) is 4.98 Å². The molecule has 0 atom stereocenters. The van der Waals surface area contributed by atoms with E-state index < -0.39 is 0 Å². The molecule has 0 spiro atoms. The minimum atomic E-state index is 0.297. The second-order valence-corrected chi connectivity index (χ2v) is 7.02. The number of hydrazone groups is 1. The van der Waals surface area contributed by atoms with Crippen LogP contribution in [0.25, 0.3) is 0 Å². The monoisotopic (exact) mass is 351 g/mol. The Hall–Kier alpha value is -2.60. The Morgan fingerprint density at radius 3 is 2.64 bits per heavy atom. The van der Waals surface area contributed by atoms with Gasteiger partial charge in [0.1, 0.15) is 5.03 Å². The molecule has 0 amide bonds. The van der Waals surface area contributed by atoms with Crippen LogP contribution in [0.2, 0.25) is 0 Å². The topological polar surface area (TPSA) is 69.1 Å². The largest absolute Gasteiger partial charge is 0.323 e. The van der Waals surface area contributed by atoms with E-state index in [4.69, 9.17) is 10.8 Å². The summed E-state index contributed by atoms with van der Waals surface area (Å²) in [6, 6.07) is 14.3. The molecule has 128 valence electrons. The van der Waals surface area contributed by atoms with E-state index >= 15 is 0 Å². The molecule has 6 heteroatoms. The molecule has 0 aliphatic carbocycles. The van der Waals surface area contributed by atoms with Crippen LogP contribution >= 0.6 is 11.8 Å². The number of nitrogens with zero attached hydrogens (tertiary/aromatic N) is 4. The molecular formula is C19H21N5S. The van der Waals surface area contributed by atoms with Gasteiger partial charge < -0.3 is 10.4 Å². The molecule has 2 aromatic heterocycles. The number of imidazole rings is 1. The van der Waals surface area contributed by atoms with Crippen molar-refractivity contribution in [3.8, 4) is 0 Å². The highest BCUT2D eigenvalue weighted by molar-refractivity contribution is 7.99. The maximum atomic E-state index is 5.41. The molecule has 2 N–H and O–H groups in total. The first-order chi connectivity index (χ1) is 12.2. The lowest BCUT2D eigenvalue weighted by Gasteiger charge is -2.12. The highest BCUT2D eigenvalue weighted by Gasteiger charge is 2.20. The van der Waals surface area contributed by atoms with Crippen molar-refractivity contribution in [3.63, 3.8) is 0 Å². The number of pyridine rings is 1. The van der Waals surface area contributed by atoms with Crippen molar-refractivity contribution in [2.45, 2.75) is 36.2 Å². The van der Waals surface area contributed by atoms with Gasteiger partial charge in [0.2, 0.25) is 0 Å². The summed E-state index contributed by atoms with van der Waals surface area (Å²) in [5.74, 6) is 6.46. The number of rotatable bonds is 6. The summed E-state index contributed by atoms with van der Waals surface area (Å²) in [5.41, 5.74) is 2.16. The van der Waals surface area contributed by atoms with Crippen LogP contribution in [0, 0.1) is 0 Å². The summed E-state index contributed by atoms with van der Waals surface area (Å²) in [4.78, 5) is 10.2. The van der Waals surface area contributed by atoms with Gasteiger partial charge in [0.15, 0.2) is 5.82 Å². The van der Waals surface area contributed by atoms with Gasteiger partial charge in [-0.1, -0.05) is 49.9 Å². The van der Waals surface area contributed by atoms with E-state index in [-0.39, 0.29) is 0 Å². The van der Waals surface area contributed by atoms with Crippen molar-refractivity contribution in [2.24, 2.45) is 10.9 Å². The van der Waals surface area contributed by atoms with E-state index in [1.807, 2.05) is 30.5 Å². The van der Waals surface area contributed by atoms with Crippen LogP contribution in [0.4, 0.5) is 0 Å². The van der Waals surface area contributed by atoms with Crippen molar-refractivity contribution >= 4 is 18.0 Å². The minimum absolute atomic E-state index is 0.297. The lowest BCUT2D eigenvalue weighted by Crippen LogP contribution is -2.07. The summed E-state index contributed by atoms with van der Waals surface area (Å²) < 4.78 is 2.15. The molecule has 0 aliphatic rings. The Kier molecular flexibility index (Phi) is 5.50. The Bertz CT molecular complexity index is 841. The molecule has 0 aliphatic heterocycles. The first-order valence-corrected chi connectivity index (χ1v) is 8.96. The third kappa shape index (κ3) is 4.09. The fraction of sp³-hybridized carbons (Fsp3) is 0.211. The quantitative estimate of drug-likeness (QED) is 0.415. The Morgan fingerprint density at radius 1 is 1.20 bits per heavy atom. The summed E-state index contributed by atoms with van der Waals surface area (Å²) in [5, 5.41) is 4.81. The van der Waals surface area contributed by atoms with Gasteiger partial charge in [-0.05, 0) is 29.7 Å². The molecule has 2 heterocycles. The standard InChI is InChI=1S/C19H21N5S/c1-14(2)18-19(25-16-8-4-3-5-9-16)24(17(23-18)12-22-20)13-15-7-6-10-21-11-15/h3-12,14H,13,20H2,1-2H3. The number of hydrogen-bond acceptors (Lipinski definition) is 5. The Morgan fingerprint density at radius 2 is 2.00 bits per heavy atom. The molecule has 25 heavy (non-hydrogen) atoms. The third-order valence-corrected chi connectivity index (χ3v) is 4.86. The maximum absolute atomic E-state index is 5.41. The second-order valence-electron chi connectivity index (χ2n) is 5.96. The van der Waals surface area contributed by atoms with Gasteiger partial charge in [0.05, 0.1) is 18.5 Å². The van der Waals surface area contributed by atoms with E-state index in [1.165, 1.54) is 4.90 Å². The number of hydrogen-bond donors (Lipinski definition) is 1. The van der Waals surface area contributed by atoms with Crippen molar-refractivity contribution < 1.29 is 0 Å². The van der Waals surface area contributed by atoms with Crippen LogP contribution < -0.4 is 5.84 Å². The van der Waals surface area contributed by atoms with Crippen molar-refractivity contribution in [2.75, 3.05) is 0 Å².